The van der Waals surface area contributed by atoms with Crippen LogP contribution in [0.25, 0.3) is 16.6 Å². The monoisotopic (exact) mass is 431 g/mol. The standard InChI is InChI=1S/C27H33N3O2/c1-4-17-29(26(31)20-12-6-7-13-20)24(5-2)25-28-23-16-9-8-15-22(23)27(32)30(25)21-14-10-11-19(3)18-21/h8-11,14-16,18,20,24H,4-7,12-13,17H2,1-3H3/t24-/m0/s1. The van der Waals surface area contributed by atoms with Crippen molar-refractivity contribution in [3.8, 4) is 5.69 Å². The van der Waals surface area contributed by atoms with Crippen molar-refractivity contribution in [2.45, 2.75) is 65.3 Å². The van der Waals surface area contributed by atoms with E-state index in [0.717, 1.165) is 43.4 Å². The van der Waals surface area contributed by atoms with Gasteiger partial charge in [0.1, 0.15) is 5.82 Å². The van der Waals surface area contributed by atoms with Crippen molar-refractivity contribution in [2.75, 3.05) is 6.54 Å². The van der Waals surface area contributed by atoms with Crippen LogP contribution in [0, 0.1) is 12.8 Å². The third kappa shape index (κ3) is 4.21. The fourth-order valence-electron chi connectivity index (χ4n) is 5.00. The van der Waals surface area contributed by atoms with Gasteiger partial charge in [-0.2, -0.15) is 0 Å². The molecule has 2 aromatic carbocycles. The maximum Gasteiger partial charge on any atom is 0.266 e. The lowest BCUT2D eigenvalue weighted by Gasteiger charge is -2.34. The van der Waals surface area contributed by atoms with E-state index in [1.165, 1.54) is 0 Å². The zero-order valence-corrected chi connectivity index (χ0v) is 19.4. The molecule has 0 unspecified atom stereocenters. The van der Waals surface area contributed by atoms with Gasteiger partial charge in [0.05, 0.1) is 22.6 Å². The highest BCUT2D eigenvalue weighted by Crippen LogP contribution is 2.32. The van der Waals surface area contributed by atoms with Crippen molar-refractivity contribution < 1.29 is 4.79 Å². The largest absolute Gasteiger partial charge is 0.332 e. The minimum Gasteiger partial charge on any atom is -0.332 e. The van der Waals surface area contributed by atoms with Gasteiger partial charge in [0.25, 0.3) is 5.56 Å². The van der Waals surface area contributed by atoms with Crippen molar-refractivity contribution in [2.24, 2.45) is 5.92 Å². The fraction of sp³-hybridized carbons (Fsp3) is 0.444. The van der Waals surface area contributed by atoms with E-state index in [0.29, 0.717) is 29.7 Å². The summed E-state index contributed by atoms with van der Waals surface area (Å²) in [4.78, 5) is 34.3. The Balaban J connectivity index is 1.92. The van der Waals surface area contributed by atoms with Crippen LogP contribution in [0.4, 0.5) is 0 Å². The molecule has 1 aliphatic rings. The van der Waals surface area contributed by atoms with Crippen LogP contribution in [0.1, 0.15) is 69.8 Å². The molecule has 1 heterocycles. The quantitative estimate of drug-likeness (QED) is 0.491. The molecule has 0 N–H and O–H groups in total. The first-order valence-electron chi connectivity index (χ1n) is 11.9. The molecule has 1 saturated carbocycles. The van der Waals surface area contributed by atoms with Gasteiger partial charge in [0.15, 0.2) is 0 Å². The zero-order valence-electron chi connectivity index (χ0n) is 19.4. The van der Waals surface area contributed by atoms with Crippen LogP contribution in [0.2, 0.25) is 0 Å². The lowest BCUT2D eigenvalue weighted by molar-refractivity contribution is -0.138. The molecule has 5 heteroatoms. The number of amides is 1. The van der Waals surface area contributed by atoms with Crippen LogP contribution in [0.15, 0.2) is 53.3 Å². The van der Waals surface area contributed by atoms with E-state index in [1.807, 2.05) is 60.4 Å². The van der Waals surface area contributed by atoms with Gasteiger partial charge in [0, 0.05) is 12.5 Å². The summed E-state index contributed by atoms with van der Waals surface area (Å²) in [5, 5.41) is 0.594. The molecule has 1 fully saturated rings. The summed E-state index contributed by atoms with van der Waals surface area (Å²) in [6, 6.07) is 15.2. The number of carbonyl (C=O) groups excluding carboxylic acids is 1. The Kier molecular flexibility index (Phi) is 6.73. The summed E-state index contributed by atoms with van der Waals surface area (Å²) in [5.74, 6) is 0.964. The molecule has 32 heavy (non-hydrogen) atoms. The average molecular weight is 432 g/mol. The molecule has 0 aliphatic heterocycles. The van der Waals surface area contributed by atoms with Gasteiger partial charge >= 0.3 is 0 Å². The van der Waals surface area contributed by atoms with E-state index in [9.17, 15) is 9.59 Å². The lowest BCUT2D eigenvalue weighted by Crippen LogP contribution is -2.41. The summed E-state index contributed by atoms with van der Waals surface area (Å²) >= 11 is 0. The molecule has 1 aliphatic carbocycles. The second kappa shape index (κ2) is 9.68. The topological polar surface area (TPSA) is 55.2 Å². The number of nitrogens with zero attached hydrogens (tertiary/aromatic N) is 3. The fourth-order valence-corrected chi connectivity index (χ4v) is 5.00. The van der Waals surface area contributed by atoms with Crippen molar-refractivity contribution in [1.82, 2.24) is 14.5 Å². The van der Waals surface area contributed by atoms with Crippen LogP contribution < -0.4 is 5.56 Å². The number of fused-ring (bicyclic) bond motifs is 1. The second-order valence-corrected chi connectivity index (χ2v) is 8.90. The molecular formula is C27H33N3O2. The van der Waals surface area contributed by atoms with Gasteiger partial charge in [-0.25, -0.2) is 4.98 Å². The van der Waals surface area contributed by atoms with Crippen LogP contribution in [0.5, 0.6) is 0 Å². The maximum atomic E-state index is 13.7. The van der Waals surface area contributed by atoms with E-state index in [4.69, 9.17) is 4.98 Å². The third-order valence-electron chi connectivity index (χ3n) is 6.57. The average Bonchev–Trinajstić information content (AvgIpc) is 3.34. The normalized spacial score (nSPS) is 15.2. The van der Waals surface area contributed by atoms with Crippen molar-refractivity contribution in [3.63, 3.8) is 0 Å². The predicted octanol–water partition coefficient (Wildman–Crippen LogP) is 5.57. The van der Waals surface area contributed by atoms with Gasteiger partial charge in [0.2, 0.25) is 5.91 Å². The molecular weight excluding hydrogens is 398 g/mol. The van der Waals surface area contributed by atoms with E-state index >= 15 is 0 Å². The summed E-state index contributed by atoms with van der Waals surface area (Å²) in [5.41, 5.74) is 2.47. The summed E-state index contributed by atoms with van der Waals surface area (Å²) in [6.07, 6.45) is 5.74. The number of para-hydroxylation sites is 1. The Bertz CT molecular complexity index is 1160. The van der Waals surface area contributed by atoms with Gasteiger partial charge in [-0.15, -0.1) is 0 Å². The molecule has 0 saturated heterocycles. The Hall–Kier alpha value is -2.95. The molecule has 1 atom stereocenters. The number of hydrogen-bond donors (Lipinski definition) is 0. The number of rotatable bonds is 7. The molecule has 5 nitrogen and oxygen atoms in total. The van der Waals surface area contributed by atoms with Crippen LogP contribution >= 0.6 is 0 Å². The lowest BCUT2D eigenvalue weighted by atomic mass is 10.0. The number of hydrogen-bond acceptors (Lipinski definition) is 3. The minimum absolute atomic E-state index is 0.0839. The van der Waals surface area contributed by atoms with Gasteiger partial charge in [-0.3, -0.25) is 14.2 Å². The Morgan fingerprint density at radius 3 is 2.56 bits per heavy atom. The van der Waals surface area contributed by atoms with Crippen molar-refractivity contribution in [3.05, 3.63) is 70.3 Å². The van der Waals surface area contributed by atoms with Crippen molar-refractivity contribution in [1.29, 1.82) is 0 Å². The first-order valence-corrected chi connectivity index (χ1v) is 11.9. The Morgan fingerprint density at radius 1 is 1.12 bits per heavy atom. The van der Waals surface area contributed by atoms with Crippen LogP contribution in [0.3, 0.4) is 0 Å². The van der Waals surface area contributed by atoms with Crippen LogP contribution in [-0.4, -0.2) is 26.9 Å². The molecule has 1 amide bonds. The highest BCUT2D eigenvalue weighted by molar-refractivity contribution is 5.80. The first-order chi connectivity index (χ1) is 15.5. The number of aromatic nitrogens is 2. The molecule has 0 spiro atoms. The molecule has 1 aromatic heterocycles. The van der Waals surface area contributed by atoms with Crippen molar-refractivity contribution >= 4 is 16.8 Å². The smallest absolute Gasteiger partial charge is 0.266 e. The minimum atomic E-state index is -0.249. The third-order valence-corrected chi connectivity index (χ3v) is 6.57. The van der Waals surface area contributed by atoms with Gasteiger partial charge < -0.3 is 4.90 Å². The predicted molar refractivity (Wildman–Crippen MR) is 129 cm³/mol. The SMILES string of the molecule is CCCN(C(=O)C1CCCC1)[C@@H](CC)c1nc2ccccc2c(=O)n1-c1cccc(C)c1. The maximum absolute atomic E-state index is 13.7. The van der Waals surface area contributed by atoms with E-state index < -0.39 is 0 Å². The molecule has 0 radical (unpaired) electrons. The highest BCUT2D eigenvalue weighted by atomic mass is 16.2. The second-order valence-electron chi connectivity index (χ2n) is 8.90. The summed E-state index contributed by atoms with van der Waals surface area (Å²) in [6.45, 7) is 6.87. The number of aryl methyl sites for hydroxylation is 1. The molecule has 0 bridgehead atoms. The van der Waals surface area contributed by atoms with Gasteiger partial charge in [-0.05, 0) is 62.4 Å². The highest BCUT2D eigenvalue weighted by Gasteiger charge is 2.33. The molecule has 4 rings (SSSR count). The Morgan fingerprint density at radius 2 is 1.88 bits per heavy atom. The van der Waals surface area contributed by atoms with E-state index in [1.54, 1.807) is 4.57 Å². The summed E-state index contributed by atoms with van der Waals surface area (Å²) in [7, 11) is 0. The Labute approximate surface area is 190 Å². The molecule has 3 aromatic rings. The van der Waals surface area contributed by atoms with Gasteiger partial charge in [-0.1, -0.05) is 51.0 Å². The summed E-state index contributed by atoms with van der Waals surface area (Å²) < 4.78 is 1.73. The number of benzene rings is 2. The first kappa shape index (κ1) is 22.3. The van der Waals surface area contributed by atoms with E-state index in [-0.39, 0.29) is 23.4 Å². The van der Waals surface area contributed by atoms with Crippen LogP contribution in [-0.2, 0) is 4.79 Å². The molecule has 168 valence electrons. The number of carbonyl (C=O) groups is 1. The van der Waals surface area contributed by atoms with E-state index in [2.05, 4.69) is 13.8 Å². The zero-order chi connectivity index (χ0) is 22.7.